The van der Waals surface area contributed by atoms with Crippen molar-refractivity contribution < 1.29 is 4.79 Å². The van der Waals surface area contributed by atoms with Crippen LogP contribution in [-0.2, 0) is 5.75 Å². The molecule has 1 fully saturated rings. The lowest BCUT2D eigenvalue weighted by Gasteiger charge is -2.32. The molecule has 3 rings (SSSR count). The van der Waals surface area contributed by atoms with E-state index in [0.29, 0.717) is 5.56 Å². The molecule has 0 aromatic heterocycles. The lowest BCUT2D eigenvalue weighted by atomic mass is 10.1. The number of nitrogens with one attached hydrogen (secondary N) is 1. The summed E-state index contributed by atoms with van der Waals surface area (Å²) in [5.41, 5.74) is 4.87. The summed E-state index contributed by atoms with van der Waals surface area (Å²) in [7, 11) is 2.10. The number of hydrogen-bond acceptors (Lipinski definition) is 4. The Balaban J connectivity index is 0.00000243. The topological polar surface area (TPSA) is 35.6 Å². The van der Waals surface area contributed by atoms with Gasteiger partial charge < -0.3 is 4.90 Å². The molecule has 2 aromatic carbocycles. The fourth-order valence-electron chi connectivity index (χ4n) is 2.58. The molecule has 1 heterocycles. The second-order valence-electron chi connectivity index (χ2n) is 6.17. The van der Waals surface area contributed by atoms with Crippen LogP contribution in [0.5, 0.6) is 0 Å². The quantitative estimate of drug-likeness (QED) is 0.755. The normalized spacial score (nSPS) is 15.3. The third-order valence-electron chi connectivity index (χ3n) is 4.20. The van der Waals surface area contributed by atoms with E-state index in [1.54, 1.807) is 11.8 Å². The SMILES string of the molecule is CN1CCN(NC(=O)c2ccc(CSc3ccc(Cl)cc3)cc2)CC1.Cl. The smallest absolute Gasteiger partial charge is 0.265 e. The Morgan fingerprint density at radius 3 is 2.27 bits per heavy atom. The fourth-order valence-corrected chi connectivity index (χ4v) is 3.56. The van der Waals surface area contributed by atoms with Crippen LogP contribution in [0.2, 0.25) is 5.02 Å². The Hall–Kier alpha value is -1.24. The van der Waals surface area contributed by atoms with Crippen molar-refractivity contribution in [1.29, 1.82) is 0 Å². The van der Waals surface area contributed by atoms with Gasteiger partial charge in [0, 0.05) is 47.4 Å². The van der Waals surface area contributed by atoms with Crippen molar-refractivity contribution in [3.63, 3.8) is 0 Å². The molecule has 0 atom stereocenters. The summed E-state index contributed by atoms with van der Waals surface area (Å²) in [5.74, 6) is 0.823. The van der Waals surface area contributed by atoms with Crippen LogP contribution in [0.1, 0.15) is 15.9 Å². The molecule has 0 spiro atoms. The van der Waals surface area contributed by atoms with Crippen LogP contribution in [0, 0.1) is 0 Å². The summed E-state index contributed by atoms with van der Waals surface area (Å²) in [6.45, 7) is 3.67. The molecule has 140 valence electrons. The second kappa shape index (κ2) is 10.2. The number of hydrazine groups is 1. The van der Waals surface area contributed by atoms with Crippen LogP contribution >= 0.6 is 35.8 Å². The van der Waals surface area contributed by atoms with E-state index in [1.165, 1.54) is 10.5 Å². The average molecular weight is 412 g/mol. The first kappa shape index (κ1) is 21.1. The van der Waals surface area contributed by atoms with Crippen LogP contribution in [0.3, 0.4) is 0 Å². The minimum atomic E-state index is -0.0403. The highest BCUT2D eigenvalue weighted by molar-refractivity contribution is 7.98. The summed E-state index contributed by atoms with van der Waals surface area (Å²) >= 11 is 7.65. The number of nitrogens with zero attached hydrogens (tertiary/aromatic N) is 2. The monoisotopic (exact) mass is 411 g/mol. The Morgan fingerprint density at radius 2 is 1.65 bits per heavy atom. The summed E-state index contributed by atoms with van der Waals surface area (Å²) in [5, 5.41) is 2.74. The lowest BCUT2D eigenvalue weighted by Crippen LogP contribution is -2.52. The largest absolute Gasteiger partial charge is 0.304 e. The molecule has 1 aliphatic rings. The van der Waals surface area contributed by atoms with Gasteiger partial charge in [-0.1, -0.05) is 23.7 Å². The van der Waals surface area contributed by atoms with E-state index in [1.807, 2.05) is 53.5 Å². The van der Waals surface area contributed by atoms with Crippen LogP contribution in [-0.4, -0.2) is 49.0 Å². The number of amides is 1. The second-order valence-corrected chi connectivity index (χ2v) is 7.66. The van der Waals surface area contributed by atoms with Gasteiger partial charge in [-0.25, -0.2) is 5.01 Å². The molecule has 1 saturated heterocycles. The van der Waals surface area contributed by atoms with Gasteiger partial charge in [0.2, 0.25) is 0 Å². The maximum Gasteiger partial charge on any atom is 0.265 e. The van der Waals surface area contributed by atoms with Crippen molar-refractivity contribution in [3.05, 3.63) is 64.7 Å². The third kappa shape index (κ3) is 6.18. The number of piperazine rings is 1. The predicted molar refractivity (Wildman–Crippen MR) is 111 cm³/mol. The summed E-state index contributed by atoms with van der Waals surface area (Å²) in [4.78, 5) is 15.8. The Morgan fingerprint density at radius 1 is 1.04 bits per heavy atom. The van der Waals surface area contributed by atoms with Crippen LogP contribution in [0.4, 0.5) is 0 Å². The third-order valence-corrected chi connectivity index (χ3v) is 5.53. The van der Waals surface area contributed by atoms with Gasteiger partial charge in [0.05, 0.1) is 0 Å². The molecular weight excluding hydrogens is 389 g/mol. The maximum atomic E-state index is 12.3. The first-order valence-corrected chi connectivity index (χ1v) is 9.68. The number of hydrogen-bond donors (Lipinski definition) is 1. The fraction of sp³-hybridized carbons (Fsp3) is 0.316. The first-order valence-electron chi connectivity index (χ1n) is 8.32. The van der Waals surface area contributed by atoms with Gasteiger partial charge >= 0.3 is 0 Å². The number of likely N-dealkylation sites (N-methyl/N-ethyl adjacent to an activating group) is 1. The maximum absolute atomic E-state index is 12.3. The highest BCUT2D eigenvalue weighted by atomic mass is 35.5. The van der Waals surface area contributed by atoms with E-state index in [9.17, 15) is 4.79 Å². The number of halogens is 2. The molecule has 0 aliphatic carbocycles. The van der Waals surface area contributed by atoms with Crippen molar-refractivity contribution in [2.75, 3.05) is 33.2 Å². The molecule has 0 bridgehead atoms. The zero-order chi connectivity index (χ0) is 17.6. The van der Waals surface area contributed by atoms with Gasteiger partial charge in [-0.3, -0.25) is 10.2 Å². The van der Waals surface area contributed by atoms with E-state index >= 15 is 0 Å². The molecule has 0 unspecified atom stereocenters. The van der Waals surface area contributed by atoms with Crippen molar-refractivity contribution >= 4 is 41.7 Å². The number of benzene rings is 2. The predicted octanol–water partition coefficient (Wildman–Crippen LogP) is 3.95. The molecule has 1 N–H and O–H groups in total. The average Bonchev–Trinajstić information content (AvgIpc) is 2.63. The van der Waals surface area contributed by atoms with Gasteiger partial charge in [-0.2, -0.15) is 0 Å². The van der Waals surface area contributed by atoms with Crippen molar-refractivity contribution in [1.82, 2.24) is 15.3 Å². The van der Waals surface area contributed by atoms with Crippen molar-refractivity contribution in [2.45, 2.75) is 10.6 Å². The van der Waals surface area contributed by atoms with Gasteiger partial charge in [-0.15, -0.1) is 24.2 Å². The molecule has 1 amide bonds. The molecule has 7 heteroatoms. The molecule has 4 nitrogen and oxygen atoms in total. The molecule has 0 radical (unpaired) electrons. The van der Waals surface area contributed by atoms with Gasteiger partial charge in [0.1, 0.15) is 0 Å². The van der Waals surface area contributed by atoms with Crippen LogP contribution in [0.25, 0.3) is 0 Å². The van der Waals surface area contributed by atoms with E-state index in [2.05, 4.69) is 17.4 Å². The number of carbonyl (C=O) groups excluding carboxylic acids is 1. The standard InChI is InChI=1S/C19H22ClN3OS.ClH/c1-22-10-12-23(13-11-22)21-19(24)16-4-2-15(3-5-16)14-25-18-8-6-17(20)7-9-18;/h2-9H,10-14H2,1H3,(H,21,24);1H. The lowest BCUT2D eigenvalue weighted by molar-refractivity contribution is 0.0662. The highest BCUT2D eigenvalue weighted by Crippen LogP contribution is 2.24. The molecule has 1 aliphatic heterocycles. The summed E-state index contributed by atoms with van der Waals surface area (Å²) in [6.07, 6.45) is 0. The van der Waals surface area contributed by atoms with Gasteiger partial charge in [0.15, 0.2) is 0 Å². The molecule has 0 saturated carbocycles. The van der Waals surface area contributed by atoms with Crippen molar-refractivity contribution in [3.8, 4) is 0 Å². The highest BCUT2D eigenvalue weighted by Gasteiger charge is 2.16. The molecule has 26 heavy (non-hydrogen) atoms. The Labute approximate surface area is 170 Å². The van der Waals surface area contributed by atoms with Gasteiger partial charge in [-0.05, 0) is 49.0 Å². The zero-order valence-corrected chi connectivity index (χ0v) is 17.0. The van der Waals surface area contributed by atoms with E-state index < -0.39 is 0 Å². The van der Waals surface area contributed by atoms with E-state index in [4.69, 9.17) is 11.6 Å². The van der Waals surface area contributed by atoms with Crippen LogP contribution in [0.15, 0.2) is 53.4 Å². The minimum Gasteiger partial charge on any atom is -0.304 e. The zero-order valence-electron chi connectivity index (χ0n) is 14.7. The van der Waals surface area contributed by atoms with Crippen molar-refractivity contribution in [2.24, 2.45) is 0 Å². The number of carbonyl (C=O) groups is 1. The summed E-state index contributed by atoms with van der Waals surface area (Å²) < 4.78 is 0. The van der Waals surface area contributed by atoms with Crippen LogP contribution < -0.4 is 5.43 Å². The minimum absolute atomic E-state index is 0. The summed E-state index contributed by atoms with van der Waals surface area (Å²) in [6, 6.07) is 15.6. The molecule has 2 aromatic rings. The van der Waals surface area contributed by atoms with E-state index in [-0.39, 0.29) is 18.3 Å². The Bertz CT molecular complexity index is 702. The first-order chi connectivity index (χ1) is 12.1. The Kier molecular flexibility index (Phi) is 8.25. The number of rotatable bonds is 5. The van der Waals surface area contributed by atoms with E-state index in [0.717, 1.165) is 37.0 Å². The molecular formula is C19H23Cl2N3OS. The van der Waals surface area contributed by atoms with Gasteiger partial charge in [0.25, 0.3) is 5.91 Å². The number of thioether (sulfide) groups is 1.